The fourth-order valence-corrected chi connectivity index (χ4v) is 11.4. The third-order valence-electron chi connectivity index (χ3n) is 17.3. The Morgan fingerprint density at radius 3 is 1.12 bits per heavy atom. The van der Waals surface area contributed by atoms with Gasteiger partial charge in [0.05, 0.1) is 32.0 Å². The summed E-state index contributed by atoms with van der Waals surface area (Å²) in [5.74, 6) is -0.254. The molecular weight excluding hydrogens is 1190 g/mol. The minimum absolute atomic E-state index is 0.254. The zero-order valence-corrected chi connectivity index (χ0v) is 59.1. The highest BCUT2D eigenvalue weighted by Gasteiger charge is 2.51. The van der Waals surface area contributed by atoms with Crippen molar-refractivity contribution in [1.82, 2.24) is 5.32 Å². The number of hydrogen-bond donors (Lipinski definition) is 9. The first kappa shape index (κ1) is 87.0. The smallest absolute Gasteiger partial charge is 0.220 e. The standard InChI is InChI=1S/C81H135NO13/c1-3-5-7-9-11-13-15-17-19-21-23-25-26-27-28-29-30-31-32-33-34-35-36-37-38-39-40-41-42-43-44-45-47-49-51-53-55-57-59-61-63-65-73(86)82-69(70(85)64-62-60-58-56-54-52-50-48-46-24-22-20-18-16-14-12-10-8-6-4-2)68-92-80-78(91)76(89)79(72(67-84)94-80)95-81-77(90)75(88)74(87)71(66-83)93-81/h5,7,11,13,17,19,23,25,27-28,30-31,33-34,36-37,39-40,42-43,45,47,62,64,69-72,74-81,83-85,87-91H,3-4,6,8-10,12,14-16,18,20-22,24,26,29,32,35,38,41,44,46,48-61,63,65-68H2,1-2H3,(H,82,86)/b7-5-,13-11-,19-17-,25-23-,28-27-,31-30-,34-33-,37-36-,40-39-,43-42-,47-45-,64-62+. The van der Waals surface area contributed by atoms with Crippen molar-refractivity contribution in [3.8, 4) is 0 Å². The van der Waals surface area contributed by atoms with Crippen LogP contribution in [-0.2, 0) is 23.7 Å². The van der Waals surface area contributed by atoms with Gasteiger partial charge in [-0.1, -0.05) is 301 Å². The predicted octanol–water partition coefficient (Wildman–Crippen LogP) is 16.4. The highest BCUT2D eigenvalue weighted by molar-refractivity contribution is 5.76. The first-order valence-corrected chi connectivity index (χ1v) is 37.6. The van der Waals surface area contributed by atoms with Crippen LogP contribution in [0.4, 0.5) is 0 Å². The maximum atomic E-state index is 13.3. The Labute approximate surface area is 576 Å². The lowest BCUT2D eigenvalue weighted by Crippen LogP contribution is -2.65. The number of aliphatic hydroxyl groups excluding tert-OH is 8. The van der Waals surface area contributed by atoms with Crippen molar-refractivity contribution in [1.29, 1.82) is 0 Å². The average molecular weight is 1330 g/mol. The summed E-state index contributed by atoms with van der Waals surface area (Å²) in [6, 6.07) is -0.932. The van der Waals surface area contributed by atoms with E-state index in [-0.39, 0.29) is 18.9 Å². The van der Waals surface area contributed by atoms with Crippen LogP contribution in [0.2, 0.25) is 0 Å². The second-order valence-corrected chi connectivity index (χ2v) is 25.7. The molecule has 0 aromatic rings. The Morgan fingerprint density at radius 1 is 0.389 bits per heavy atom. The predicted molar refractivity (Wildman–Crippen MR) is 391 cm³/mol. The normalized spacial score (nSPS) is 23.2. The molecule has 2 fully saturated rings. The van der Waals surface area contributed by atoms with Crippen LogP contribution in [0, 0.1) is 0 Å². The van der Waals surface area contributed by atoms with Crippen LogP contribution in [0.15, 0.2) is 146 Å². The largest absolute Gasteiger partial charge is 0.394 e. The first-order valence-electron chi connectivity index (χ1n) is 37.6. The van der Waals surface area contributed by atoms with Crippen molar-refractivity contribution in [3.63, 3.8) is 0 Å². The van der Waals surface area contributed by atoms with Crippen LogP contribution in [0.25, 0.3) is 0 Å². The fraction of sp³-hybridized carbons (Fsp3) is 0.691. The molecule has 0 radical (unpaired) electrons. The highest BCUT2D eigenvalue weighted by Crippen LogP contribution is 2.30. The number of rotatable bonds is 60. The van der Waals surface area contributed by atoms with Gasteiger partial charge in [-0.3, -0.25) is 4.79 Å². The van der Waals surface area contributed by atoms with Crippen LogP contribution >= 0.6 is 0 Å². The summed E-state index contributed by atoms with van der Waals surface area (Å²) in [6.07, 6.45) is 79.0. The van der Waals surface area contributed by atoms with Gasteiger partial charge in [-0.15, -0.1) is 0 Å². The Kier molecular flexibility index (Phi) is 58.0. The maximum absolute atomic E-state index is 13.3. The molecule has 14 nitrogen and oxygen atoms in total. The Balaban J connectivity index is 1.64. The highest BCUT2D eigenvalue weighted by atomic mass is 16.7. The maximum Gasteiger partial charge on any atom is 0.220 e. The fourth-order valence-electron chi connectivity index (χ4n) is 11.4. The van der Waals surface area contributed by atoms with E-state index in [4.69, 9.17) is 18.9 Å². The zero-order valence-electron chi connectivity index (χ0n) is 59.1. The number of hydrogen-bond acceptors (Lipinski definition) is 13. The van der Waals surface area contributed by atoms with E-state index >= 15 is 0 Å². The third kappa shape index (κ3) is 46.7. The second kappa shape index (κ2) is 63.3. The monoisotopic (exact) mass is 1330 g/mol. The van der Waals surface area contributed by atoms with Crippen molar-refractivity contribution in [2.24, 2.45) is 0 Å². The number of carbonyl (C=O) groups excluding carboxylic acids is 1. The van der Waals surface area contributed by atoms with E-state index in [1.165, 1.54) is 103 Å². The number of amides is 1. The summed E-state index contributed by atoms with van der Waals surface area (Å²) in [5, 5.41) is 87.5. The van der Waals surface area contributed by atoms with Crippen molar-refractivity contribution in [3.05, 3.63) is 146 Å². The minimum Gasteiger partial charge on any atom is -0.394 e. The van der Waals surface area contributed by atoms with Crippen LogP contribution in [0.3, 0.4) is 0 Å². The van der Waals surface area contributed by atoms with Crippen LogP contribution in [0.5, 0.6) is 0 Å². The molecule has 9 N–H and O–H groups in total. The Morgan fingerprint density at radius 2 is 0.726 bits per heavy atom. The van der Waals surface area contributed by atoms with Gasteiger partial charge in [-0.25, -0.2) is 0 Å². The summed E-state index contributed by atoms with van der Waals surface area (Å²) in [4.78, 5) is 13.3. The van der Waals surface area contributed by atoms with Crippen molar-refractivity contribution < 1.29 is 64.6 Å². The first-order chi connectivity index (χ1) is 46.6. The lowest BCUT2D eigenvalue weighted by Gasteiger charge is -2.46. The summed E-state index contributed by atoms with van der Waals surface area (Å²) in [7, 11) is 0. The number of ether oxygens (including phenoxy) is 4. The number of carbonyl (C=O) groups is 1. The van der Waals surface area contributed by atoms with Gasteiger partial charge in [0.2, 0.25) is 5.91 Å². The molecule has 0 aromatic carbocycles. The summed E-state index contributed by atoms with van der Waals surface area (Å²) in [5.41, 5.74) is 0. The quantitative estimate of drug-likeness (QED) is 0.0204. The van der Waals surface area contributed by atoms with Gasteiger partial charge >= 0.3 is 0 Å². The zero-order chi connectivity index (χ0) is 68.7. The molecule has 12 atom stereocenters. The molecule has 1 amide bonds. The lowest BCUT2D eigenvalue weighted by atomic mass is 9.97. The van der Waals surface area contributed by atoms with Crippen LogP contribution in [0.1, 0.15) is 264 Å². The Hall–Kier alpha value is -4.13. The van der Waals surface area contributed by atoms with Crippen LogP contribution in [-0.4, -0.2) is 140 Å². The molecule has 2 heterocycles. The van der Waals surface area contributed by atoms with Gasteiger partial charge in [0.1, 0.15) is 48.8 Å². The summed E-state index contributed by atoms with van der Waals surface area (Å²) >= 11 is 0. The van der Waals surface area contributed by atoms with E-state index in [1.54, 1.807) is 6.08 Å². The molecule has 0 bridgehead atoms. The SMILES string of the molecule is CC/C=C\C/C=C\C/C=C\C/C=C\C/C=C\C/C=C\C/C=C\C/C=C\C/C=C\C/C=C\C/C=C\CCCCCCCCCC(=O)NC(COC1OC(CO)C(OC2OC(CO)C(O)C(O)C2O)C(O)C1O)C(O)/C=C/CCCCCCCCCCCCCCCCCCCC. The molecule has 12 unspecified atom stereocenters. The van der Waals surface area contributed by atoms with E-state index < -0.39 is 86.8 Å². The van der Waals surface area contributed by atoms with Gasteiger partial charge < -0.3 is 65.1 Å². The number of allylic oxidation sites excluding steroid dienone is 23. The lowest BCUT2D eigenvalue weighted by molar-refractivity contribution is -0.359. The van der Waals surface area contributed by atoms with Gasteiger partial charge in [0.15, 0.2) is 12.6 Å². The van der Waals surface area contributed by atoms with Gasteiger partial charge in [-0.05, 0) is 103 Å². The summed E-state index contributed by atoms with van der Waals surface area (Å²) in [6.45, 7) is 2.69. The third-order valence-corrected chi connectivity index (χ3v) is 17.3. The molecule has 95 heavy (non-hydrogen) atoms. The number of nitrogens with one attached hydrogen (secondary N) is 1. The van der Waals surface area contributed by atoms with Gasteiger partial charge in [0.25, 0.3) is 0 Å². The van der Waals surface area contributed by atoms with E-state index in [0.29, 0.717) is 6.42 Å². The summed E-state index contributed by atoms with van der Waals surface area (Å²) < 4.78 is 22.9. The molecule has 542 valence electrons. The van der Waals surface area contributed by atoms with Crippen molar-refractivity contribution >= 4 is 5.91 Å². The molecule has 0 aromatic heterocycles. The number of aliphatic hydroxyl groups is 8. The van der Waals surface area contributed by atoms with Crippen molar-refractivity contribution in [2.45, 2.75) is 338 Å². The van der Waals surface area contributed by atoms with E-state index in [2.05, 4.69) is 153 Å². The van der Waals surface area contributed by atoms with Crippen LogP contribution < -0.4 is 5.32 Å². The van der Waals surface area contributed by atoms with E-state index in [0.717, 1.165) is 135 Å². The molecule has 0 spiro atoms. The molecule has 2 aliphatic heterocycles. The second-order valence-electron chi connectivity index (χ2n) is 25.7. The van der Waals surface area contributed by atoms with Crippen molar-refractivity contribution in [2.75, 3.05) is 19.8 Å². The Bertz CT molecular complexity index is 2160. The molecule has 14 heteroatoms. The minimum atomic E-state index is -1.80. The molecular formula is C81H135NO13. The number of unbranched alkanes of at least 4 members (excludes halogenated alkanes) is 25. The molecule has 0 aliphatic carbocycles. The molecule has 0 saturated carbocycles. The van der Waals surface area contributed by atoms with E-state index in [9.17, 15) is 45.6 Å². The van der Waals surface area contributed by atoms with E-state index in [1.807, 2.05) is 6.08 Å². The van der Waals surface area contributed by atoms with Gasteiger partial charge in [-0.2, -0.15) is 0 Å². The molecule has 2 saturated heterocycles. The topological polar surface area (TPSA) is 228 Å². The van der Waals surface area contributed by atoms with Gasteiger partial charge in [0, 0.05) is 6.42 Å². The molecule has 2 rings (SSSR count). The molecule has 2 aliphatic rings. The average Bonchev–Trinajstić information content (AvgIpc) is 0.897.